The summed E-state index contributed by atoms with van der Waals surface area (Å²) in [7, 11) is 1.77. The SMILES string of the molecule is C=C/C(C)=C(\C=C)CN(C)C(C)=O. The molecule has 0 radical (unpaired) electrons. The molecule has 13 heavy (non-hydrogen) atoms. The molecule has 1 amide bonds. The molecule has 0 unspecified atom stereocenters. The summed E-state index contributed by atoms with van der Waals surface area (Å²) in [5.74, 6) is 0.0520. The van der Waals surface area contributed by atoms with Crippen LogP contribution in [0.1, 0.15) is 13.8 Å². The predicted octanol–water partition coefficient (Wildman–Crippen LogP) is 2.15. The van der Waals surface area contributed by atoms with Crippen LogP contribution in [0.4, 0.5) is 0 Å². The molecule has 2 nitrogen and oxygen atoms in total. The fourth-order valence-electron chi connectivity index (χ4n) is 0.848. The van der Waals surface area contributed by atoms with Crippen molar-refractivity contribution in [3.8, 4) is 0 Å². The van der Waals surface area contributed by atoms with Gasteiger partial charge in [0.2, 0.25) is 5.91 Å². The maximum atomic E-state index is 10.9. The summed E-state index contributed by atoms with van der Waals surface area (Å²) in [5, 5.41) is 0. The number of hydrogen-bond donors (Lipinski definition) is 0. The average Bonchev–Trinajstić information content (AvgIpc) is 2.12. The van der Waals surface area contributed by atoms with Crippen LogP contribution in [0.3, 0.4) is 0 Å². The molecule has 0 aromatic carbocycles. The van der Waals surface area contributed by atoms with E-state index in [0.29, 0.717) is 6.54 Å². The molecule has 0 atom stereocenters. The van der Waals surface area contributed by atoms with E-state index in [1.165, 1.54) is 0 Å². The van der Waals surface area contributed by atoms with Crippen molar-refractivity contribution in [3.63, 3.8) is 0 Å². The molecule has 2 heteroatoms. The van der Waals surface area contributed by atoms with E-state index in [9.17, 15) is 4.79 Å². The van der Waals surface area contributed by atoms with Crippen molar-refractivity contribution >= 4 is 5.91 Å². The first kappa shape index (κ1) is 11.7. The molecule has 0 aliphatic rings. The highest BCUT2D eigenvalue weighted by atomic mass is 16.2. The molecule has 0 rings (SSSR count). The second-order valence-electron chi connectivity index (χ2n) is 2.99. The van der Waals surface area contributed by atoms with Gasteiger partial charge in [0.15, 0.2) is 0 Å². The highest BCUT2D eigenvalue weighted by molar-refractivity contribution is 5.73. The number of carbonyl (C=O) groups is 1. The molecular weight excluding hydrogens is 162 g/mol. The van der Waals surface area contributed by atoms with Crippen LogP contribution < -0.4 is 0 Å². The third-order valence-corrected chi connectivity index (χ3v) is 2.00. The van der Waals surface area contributed by atoms with E-state index in [-0.39, 0.29) is 5.91 Å². The van der Waals surface area contributed by atoms with Gasteiger partial charge in [0, 0.05) is 20.5 Å². The minimum atomic E-state index is 0.0520. The lowest BCUT2D eigenvalue weighted by molar-refractivity contribution is -0.127. The fraction of sp³-hybridized carbons (Fsp3) is 0.364. The van der Waals surface area contributed by atoms with Crippen LogP contribution in [0, 0.1) is 0 Å². The molecule has 0 spiro atoms. The van der Waals surface area contributed by atoms with Gasteiger partial charge in [0.1, 0.15) is 0 Å². The minimum Gasteiger partial charge on any atom is -0.342 e. The van der Waals surface area contributed by atoms with Crippen LogP contribution >= 0.6 is 0 Å². The standard InChI is InChI=1S/C11H17NO/c1-6-9(3)11(7-2)8-12(5)10(4)13/h6-7H,1-2,8H2,3-5H3/b11-9+. The van der Waals surface area contributed by atoms with Crippen molar-refractivity contribution in [2.75, 3.05) is 13.6 Å². The van der Waals surface area contributed by atoms with Crippen molar-refractivity contribution in [2.45, 2.75) is 13.8 Å². The summed E-state index contributed by atoms with van der Waals surface area (Å²) in [6.45, 7) is 11.5. The molecule has 0 saturated carbocycles. The average molecular weight is 179 g/mol. The van der Waals surface area contributed by atoms with Crippen molar-refractivity contribution in [2.24, 2.45) is 0 Å². The number of rotatable bonds is 4. The van der Waals surface area contributed by atoms with Crippen LogP contribution in [0.25, 0.3) is 0 Å². The minimum absolute atomic E-state index is 0.0520. The van der Waals surface area contributed by atoms with Crippen molar-refractivity contribution in [1.82, 2.24) is 4.90 Å². The molecule has 0 heterocycles. The number of carbonyl (C=O) groups excluding carboxylic acids is 1. The van der Waals surface area contributed by atoms with E-state index in [4.69, 9.17) is 0 Å². The van der Waals surface area contributed by atoms with Gasteiger partial charge in [-0.1, -0.05) is 25.3 Å². The molecule has 0 fully saturated rings. The second-order valence-corrected chi connectivity index (χ2v) is 2.99. The zero-order chi connectivity index (χ0) is 10.4. The normalized spacial score (nSPS) is 11.6. The summed E-state index contributed by atoms with van der Waals surface area (Å²) >= 11 is 0. The van der Waals surface area contributed by atoms with Gasteiger partial charge in [-0.3, -0.25) is 4.79 Å². The molecule has 0 aromatic heterocycles. The number of amides is 1. The Hall–Kier alpha value is -1.31. The lowest BCUT2D eigenvalue weighted by Gasteiger charge is -2.16. The van der Waals surface area contributed by atoms with Crippen LogP contribution in [0.15, 0.2) is 36.5 Å². The molecule has 0 aliphatic heterocycles. The quantitative estimate of drug-likeness (QED) is 0.605. The lowest BCUT2D eigenvalue weighted by Crippen LogP contribution is -2.25. The van der Waals surface area contributed by atoms with Gasteiger partial charge in [-0.05, 0) is 18.1 Å². The van der Waals surface area contributed by atoms with Gasteiger partial charge >= 0.3 is 0 Å². The van der Waals surface area contributed by atoms with Gasteiger partial charge < -0.3 is 4.90 Å². The van der Waals surface area contributed by atoms with Crippen molar-refractivity contribution in [1.29, 1.82) is 0 Å². The van der Waals surface area contributed by atoms with Crippen molar-refractivity contribution in [3.05, 3.63) is 36.5 Å². The summed E-state index contributed by atoms with van der Waals surface area (Å²) < 4.78 is 0. The van der Waals surface area contributed by atoms with Gasteiger partial charge in [-0.2, -0.15) is 0 Å². The summed E-state index contributed by atoms with van der Waals surface area (Å²) in [5.41, 5.74) is 2.09. The highest BCUT2D eigenvalue weighted by Gasteiger charge is 2.04. The van der Waals surface area contributed by atoms with Crippen LogP contribution in [-0.4, -0.2) is 24.4 Å². The molecule has 0 aromatic rings. The Kier molecular flexibility index (Phi) is 4.82. The topological polar surface area (TPSA) is 20.3 Å². The molecular formula is C11H17NO. The lowest BCUT2D eigenvalue weighted by atomic mass is 10.1. The first-order valence-electron chi connectivity index (χ1n) is 4.19. The fourth-order valence-corrected chi connectivity index (χ4v) is 0.848. The van der Waals surface area contributed by atoms with Crippen LogP contribution in [-0.2, 0) is 4.79 Å². The zero-order valence-electron chi connectivity index (χ0n) is 8.63. The third kappa shape index (κ3) is 3.74. The molecule has 72 valence electrons. The van der Waals surface area contributed by atoms with E-state index in [0.717, 1.165) is 11.1 Å². The van der Waals surface area contributed by atoms with E-state index in [1.54, 1.807) is 31.0 Å². The Morgan fingerprint density at radius 1 is 1.31 bits per heavy atom. The van der Waals surface area contributed by atoms with Crippen LogP contribution in [0.2, 0.25) is 0 Å². The largest absolute Gasteiger partial charge is 0.342 e. The molecule has 0 aliphatic carbocycles. The highest BCUT2D eigenvalue weighted by Crippen LogP contribution is 2.07. The van der Waals surface area contributed by atoms with Gasteiger partial charge in [-0.15, -0.1) is 0 Å². The van der Waals surface area contributed by atoms with Gasteiger partial charge in [0.05, 0.1) is 0 Å². The summed E-state index contributed by atoms with van der Waals surface area (Å²) in [6, 6.07) is 0. The predicted molar refractivity (Wildman–Crippen MR) is 56.4 cm³/mol. The Labute approximate surface area is 80.2 Å². The first-order chi connectivity index (χ1) is 6.02. The van der Waals surface area contributed by atoms with E-state index in [2.05, 4.69) is 13.2 Å². The molecule has 0 N–H and O–H groups in total. The summed E-state index contributed by atoms with van der Waals surface area (Å²) in [4.78, 5) is 12.6. The van der Waals surface area contributed by atoms with E-state index < -0.39 is 0 Å². The monoisotopic (exact) mass is 179 g/mol. The Morgan fingerprint density at radius 2 is 1.85 bits per heavy atom. The second kappa shape index (κ2) is 5.36. The first-order valence-corrected chi connectivity index (χ1v) is 4.19. The maximum Gasteiger partial charge on any atom is 0.219 e. The zero-order valence-corrected chi connectivity index (χ0v) is 8.63. The van der Waals surface area contributed by atoms with Crippen molar-refractivity contribution < 1.29 is 4.79 Å². The maximum absolute atomic E-state index is 10.9. The number of likely N-dealkylation sites (N-methyl/N-ethyl adjacent to an activating group) is 1. The van der Waals surface area contributed by atoms with E-state index in [1.807, 2.05) is 6.92 Å². The number of allylic oxidation sites excluding steroid dienone is 2. The number of nitrogens with zero attached hydrogens (tertiary/aromatic N) is 1. The van der Waals surface area contributed by atoms with E-state index >= 15 is 0 Å². The molecule has 0 saturated heterocycles. The van der Waals surface area contributed by atoms with Gasteiger partial charge in [-0.25, -0.2) is 0 Å². The Morgan fingerprint density at radius 3 is 2.15 bits per heavy atom. The Balaban J connectivity index is 4.56. The summed E-state index contributed by atoms with van der Waals surface area (Å²) in [6.07, 6.45) is 3.53. The number of hydrogen-bond acceptors (Lipinski definition) is 1. The Bertz CT molecular complexity index is 251. The molecule has 0 bridgehead atoms. The van der Waals surface area contributed by atoms with Gasteiger partial charge in [0.25, 0.3) is 0 Å². The smallest absolute Gasteiger partial charge is 0.219 e. The van der Waals surface area contributed by atoms with Crippen LogP contribution in [0.5, 0.6) is 0 Å². The third-order valence-electron chi connectivity index (χ3n) is 2.00.